The van der Waals surface area contributed by atoms with E-state index in [2.05, 4.69) is 31.9 Å². The molecule has 11 amide bonds. The average Bonchev–Trinajstić information content (AvgIpc) is 1.17. The number of amides is 11. The third-order valence-corrected chi connectivity index (χ3v) is 18.0. The number of likely N-dealkylation sites (tertiary alicyclic amines) is 1. The zero-order chi connectivity index (χ0) is 68.7. The Morgan fingerprint density at radius 1 is 0.739 bits per heavy atom. The van der Waals surface area contributed by atoms with E-state index in [9.17, 15) is 53.1 Å². The summed E-state index contributed by atoms with van der Waals surface area (Å²) in [7, 11) is 8.65. The van der Waals surface area contributed by atoms with Gasteiger partial charge in [0.25, 0.3) is 17.7 Å². The third kappa shape index (κ3) is 22.2. The van der Waals surface area contributed by atoms with Gasteiger partial charge >= 0.3 is 6.03 Å². The monoisotopic (exact) mass is 1290 g/mol. The van der Waals surface area contributed by atoms with Crippen LogP contribution in [0.1, 0.15) is 151 Å². The van der Waals surface area contributed by atoms with E-state index in [1.165, 1.54) is 26.4 Å². The number of hydrogen-bond acceptors (Lipinski definition) is 13. The first kappa shape index (κ1) is 77.2. The number of aliphatic hydroxyl groups is 1. The van der Waals surface area contributed by atoms with Crippen LogP contribution < -0.4 is 37.6 Å². The molecule has 12 atom stereocenters. The summed E-state index contributed by atoms with van der Waals surface area (Å²) in [6, 6.07) is 10.3. The van der Waals surface area contributed by atoms with E-state index >= 15 is 0 Å². The minimum atomic E-state index is -1.08. The second kappa shape index (κ2) is 36.8. The van der Waals surface area contributed by atoms with Gasteiger partial charge in [0, 0.05) is 76.6 Å². The number of likely N-dealkylation sites (N-methyl/N-ethyl adjacent to an activating group) is 2. The van der Waals surface area contributed by atoms with Crippen LogP contribution in [0.5, 0.6) is 0 Å². The van der Waals surface area contributed by atoms with Gasteiger partial charge in [-0.3, -0.25) is 48.1 Å². The molecule has 1 saturated heterocycles. The number of methoxy groups -OCH3 is 2. The van der Waals surface area contributed by atoms with Gasteiger partial charge in [-0.15, -0.1) is 0 Å². The molecule has 2 aromatic carbocycles. The molecule has 2 aromatic rings. The fourth-order valence-electron chi connectivity index (χ4n) is 12.8. The lowest BCUT2D eigenvalue weighted by Gasteiger charge is -2.42. The van der Waals surface area contributed by atoms with Gasteiger partial charge in [0.2, 0.25) is 35.4 Å². The zero-order valence-corrected chi connectivity index (χ0v) is 57.1. The largest absolute Gasteiger partial charge is 0.386 e. The lowest BCUT2D eigenvalue weighted by Crippen LogP contribution is -2.63. The number of unbranched alkanes of at least 4 members (excludes halogenated alkanes) is 2. The van der Waals surface area contributed by atoms with E-state index in [1.54, 1.807) is 68.8 Å². The quantitative estimate of drug-likeness (QED) is 0.0247. The van der Waals surface area contributed by atoms with Gasteiger partial charge in [0.05, 0.1) is 62.9 Å². The molecule has 2 aliphatic rings. The average molecular weight is 1290 g/mol. The molecule has 0 saturated carbocycles. The van der Waals surface area contributed by atoms with E-state index in [-0.39, 0.29) is 108 Å². The van der Waals surface area contributed by atoms with Gasteiger partial charge in [-0.25, -0.2) is 4.79 Å². The number of ether oxygens (including phenoxy) is 2. The molecule has 0 spiro atoms. The predicted octanol–water partition coefficient (Wildman–Crippen LogP) is 5.09. The number of hydrogen-bond donors (Lipinski definition) is 8. The van der Waals surface area contributed by atoms with Gasteiger partial charge in [-0.1, -0.05) is 118 Å². The van der Waals surface area contributed by atoms with Crippen molar-refractivity contribution < 1.29 is 67.0 Å². The maximum absolute atomic E-state index is 15.0. The van der Waals surface area contributed by atoms with Crippen molar-refractivity contribution in [3.05, 3.63) is 77.9 Å². The number of nitrogens with one attached hydrogen (secondary N) is 6. The number of urea groups is 1. The van der Waals surface area contributed by atoms with Crippen molar-refractivity contribution in [2.45, 2.75) is 201 Å². The van der Waals surface area contributed by atoms with Gasteiger partial charge in [-0.2, -0.15) is 0 Å². The summed E-state index contributed by atoms with van der Waals surface area (Å²) in [5, 5.41) is 28.1. The van der Waals surface area contributed by atoms with Crippen LogP contribution in [-0.2, 0) is 59.2 Å². The van der Waals surface area contributed by atoms with Crippen molar-refractivity contribution in [3.8, 4) is 0 Å². The fraction of sp³-hybridized carbons (Fsp3) is 0.647. The number of anilines is 1. The number of carbonyl (C=O) groups excluding carboxylic acids is 10. The molecule has 0 unspecified atom stereocenters. The van der Waals surface area contributed by atoms with E-state index in [1.807, 2.05) is 86.0 Å². The van der Waals surface area contributed by atoms with Crippen molar-refractivity contribution in [2.75, 3.05) is 60.3 Å². The number of benzene rings is 2. The highest BCUT2D eigenvalue weighted by atomic mass is 16.5. The minimum Gasteiger partial charge on any atom is -0.386 e. The van der Waals surface area contributed by atoms with Crippen LogP contribution in [0, 0.1) is 29.6 Å². The van der Waals surface area contributed by atoms with Crippen LogP contribution in [-0.4, -0.2) is 193 Å². The smallest absolute Gasteiger partial charge is 0.312 e. The molecule has 2 aliphatic heterocycles. The number of nitrogens with zero attached hydrogens (tertiary/aromatic N) is 4. The number of quaternary nitrogens is 1. The Hall–Kier alpha value is -7.28. The second-order valence-electron chi connectivity index (χ2n) is 26.5. The molecule has 0 radical (unpaired) electrons. The number of rotatable bonds is 38. The molecule has 0 aromatic heterocycles. The zero-order valence-electron chi connectivity index (χ0n) is 57.1. The Kier molecular flexibility index (Phi) is 30.9. The highest BCUT2D eigenvalue weighted by molar-refractivity contribution is 6.12. The van der Waals surface area contributed by atoms with Crippen molar-refractivity contribution in [1.29, 1.82) is 0 Å². The van der Waals surface area contributed by atoms with Crippen LogP contribution >= 0.6 is 0 Å². The maximum Gasteiger partial charge on any atom is 0.312 e. The summed E-state index contributed by atoms with van der Waals surface area (Å²) in [5.41, 5.74) is 7.22. The van der Waals surface area contributed by atoms with Crippen LogP contribution in [0.25, 0.3) is 0 Å². The normalized spacial score (nSPS) is 17.8. The molecule has 24 nitrogen and oxygen atoms in total. The molecular weight excluding hydrogens is 1180 g/mol. The number of imide groups is 1. The molecule has 24 heteroatoms. The van der Waals surface area contributed by atoms with E-state index in [0.29, 0.717) is 62.9 Å². The van der Waals surface area contributed by atoms with Crippen LogP contribution in [0.3, 0.4) is 0 Å². The topological polar surface area (TPSA) is 317 Å². The van der Waals surface area contributed by atoms with E-state index in [0.717, 1.165) is 10.5 Å². The van der Waals surface area contributed by atoms with Crippen molar-refractivity contribution in [3.63, 3.8) is 0 Å². The van der Waals surface area contributed by atoms with Gasteiger partial charge in [0.1, 0.15) is 24.7 Å². The predicted molar refractivity (Wildman–Crippen MR) is 351 cm³/mol. The van der Waals surface area contributed by atoms with Crippen LogP contribution in [0.15, 0.2) is 66.7 Å². The molecule has 512 valence electrons. The van der Waals surface area contributed by atoms with Crippen molar-refractivity contribution in [2.24, 2.45) is 35.3 Å². The number of carbonyl (C=O) groups is 10. The summed E-state index contributed by atoms with van der Waals surface area (Å²) in [6.07, 6.45) is 4.11. The first-order valence-corrected chi connectivity index (χ1v) is 32.7. The van der Waals surface area contributed by atoms with E-state index < -0.39 is 84.4 Å². The summed E-state index contributed by atoms with van der Waals surface area (Å²) < 4.78 is 12.3. The second-order valence-corrected chi connectivity index (χ2v) is 26.5. The molecule has 9 N–H and O–H groups in total. The molecule has 1 fully saturated rings. The van der Waals surface area contributed by atoms with Gasteiger partial charge in [-0.05, 0) is 80.9 Å². The van der Waals surface area contributed by atoms with Crippen molar-refractivity contribution >= 4 is 64.9 Å². The van der Waals surface area contributed by atoms with E-state index in [4.69, 9.17) is 15.2 Å². The summed E-state index contributed by atoms with van der Waals surface area (Å²) in [5.74, 6) is -5.03. The Bertz CT molecular complexity index is 2800. The standard InChI is InChI=1S/C68H107N11O13/c1-16-44(8)59(52(91-14)39-56(83)77-38-24-28-51(77)62(92-15)45(9)63(85)71-46(10)61(84)48-25-19-17-20-26-48)76(11)67(89)58(42(4)5)75-66(88)60(43(6)7)79(12,13)40-47-30-32-49(33-31-47)72-64(86)50(27-23-36-70-68(69)90)73-65(87)57(41(2)3)74-53(80)29-21-18-22-37-78-54(81)34-35-55(78)82/h17,19-20,25-26,30-35,41-46,50-52,57-62,84H,16,18,21-24,27-29,36-40H2,1-15H3,(H7-,69,70,71,72,73,74,75,80,85,86,87,88,90)/p+1/t44-,45+,46+,50-,51-,52+,57-,58-,59-,60-,61+,62-/m0/s1. The minimum absolute atomic E-state index is 0.0539. The van der Waals surface area contributed by atoms with Gasteiger partial charge in [0.15, 0.2) is 6.04 Å². The highest BCUT2D eigenvalue weighted by Gasteiger charge is 2.45. The lowest BCUT2D eigenvalue weighted by atomic mass is 9.89. The molecule has 92 heavy (non-hydrogen) atoms. The first-order valence-electron chi connectivity index (χ1n) is 32.7. The SMILES string of the molecule is CC[C@H](C)[C@@H]([C@@H](CC(=O)N1CCC[C@H]1[C@@H](OC)[C@@H](C)C(=O)N[C@H](C)[C@@H](O)c1ccccc1)OC)N(C)C(=O)[C@@H](NC(=O)[C@H](C(C)C)[N+](C)(C)Cc1ccc(NC(=O)[C@H](CCCNC(N)=O)NC(=O)[C@@H](NC(=O)CCCCCN2C(=O)C=CC2=O)C(C)C)cc1)C(C)C. The Morgan fingerprint density at radius 2 is 1.37 bits per heavy atom. The number of aliphatic hydroxyl groups excluding tert-OH is 1. The highest BCUT2D eigenvalue weighted by Crippen LogP contribution is 2.31. The lowest BCUT2D eigenvalue weighted by molar-refractivity contribution is -0.922. The number of nitrogens with two attached hydrogens (primary N) is 1. The molecule has 0 aliphatic carbocycles. The number of primary amides is 1. The molecule has 0 bridgehead atoms. The van der Waals surface area contributed by atoms with Crippen molar-refractivity contribution in [1.82, 2.24) is 41.3 Å². The summed E-state index contributed by atoms with van der Waals surface area (Å²) >= 11 is 0. The fourth-order valence-corrected chi connectivity index (χ4v) is 12.8. The molecule has 2 heterocycles. The Balaban J connectivity index is 1.43. The summed E-state index contributed by atoms with van der Waals surface area (Å²) in [4.78, 5) is 139. The van der Waals surface area contributed by atoms with Crippen LogP contribution in [0.2, 0.25) is 0 Å². The van der Waals surface area contributed by atoms with Crippen LogP contribution in [0.4, 0.5) is 10.5 Å². The Labute approximate surface area is 545 Å². The first-order chi connectivity index (χ1) is 43.4. The Morgan fingerprint density at radius 3 is 1.93 bits per heavy atom. The molecule has 4 rings (SSSR count). The summed E-state index contributed by atoms with van der Waals surface area (Å²) in [6.45, 7) is 20.0. The van der Waals surface area contributed by atoms with Gasteiger partial charge < -0.3 is 66.5 Å². The maximum atomic E-state index is 15.0. The third-order valence-electron chi connectivity index (χ3n) is 18.0. The molecular formula is C68H108N11O13+.